The van der Waals surface area contributed by atoms with Crippen molar-refractivity contribution in [3.8, 4) is 0 Å². The summed E-state index contributed by atoms with van der Waals surface area (Å²) in [6.07, 6.45) is 0.831. The normalized spacial score (nSPS) is 11.2. The molecule has 6 nitrogen and oxygen atoms in total. The van der Waals surface area contributed by atoms with Gasteiger partial charge >= 0.3 is 0 Å². The minimum Gasteiger partial charge on any atom is -0.355 e. The first-order valence-corrected chi connectivity index (χ1v) is 9.67. The standard InChI is InChI=1S/C17H20N4O2S2/c1-8-10(3)24-17-15(8)16(23)20-13(21-17)5-6-18-14(22)7-12-9(2)19-11(4)25-12/h5-7H2,1-4H3,(H,18,22)(H,20,21,23). The topological polar surface area (TPSA) is 87.7 Å². The Hall–Kier alpha value is -2.06. The summed E-state index contributed by atoms with van der Waals surface area (Å²) < 4.78 is 0. The van der Waals surface area contributed by atoms with Crippen LogP contribution >= 0.6 is 22.7 Å². The minimum absolute atomic E-state index is 0.0435. The number of aromatic amines is 1. The number of aryl methyl sites for hydroxylation is 4. The summed E-state index contributed by atoms with van der Waals surface area (Å²) in [4.78, 5) is 38.8. The number of carbonyl (C=O) groups excluding carboxylic acids is 1. The molecule has 0 atom stereocenters. The molecule has 0 aliphatic heterocycles. The van der Waals surface area contributed by atoms with Gasteiger partial charge in [-0.2, -0.15) is 0 Å². The Morgan fingerprint density at radius 3 is 2.60 bits per heavy atom. The quantitative estimate of drug-likeness (QED) is 0.716. The highest BCUT2D eigenvalue weighted by Crippen LogP contribution is 2.25. The summed E-state index contributed by atoms with van der Waals surface area (Å²) in [6, 6.07) is 0. The molecule has 2 N–H and O–H groups in total. The lowest BCUT2D eigenvalue weighted by molar-refractivity contribution is -0.120. The molecule has 0 aliphatic carbocycles. The minimum atomic E-state index is -0.107. The summed E-state index contributed by atoms with van der Waals surface area (Å²) in [5.74, 6) is 0.557. The fraction of sp³-hybridized carbons (Fsp3) is 0.412. The van der Waals surface area contributed by atoms with Crippen molar-refractivity contribution in [1.29, 1.82) is 0 Å². The van der Waals surface area contributed by atoms with E-state index in [9.17, 15) is 9.59 Å². The van der Waals surface area contributed by atoms with Crippen molar-refractivity contribution in [3.63, 3.8) is 0 Å². The van der Waals surface area contributed by atoms with Gasteiger partial charge in [-0.05, 0) is 33.3 Å². The van der Waals surface area contributed by atoms with Crippen LogP contribution in [0.5, 0.6) is 0 Å². The second kappa shape index (κ2) is 7.05. The van der Waals surface area contributed by atoms with Gasteiger partial charge in [-0.15, -0.1) is 22.7 Å². The molecule has 3 aromatic rings. The van der Waals surface area contributed by atoms with Gasteiger partial charge in [0.25, 0.3) is 5.56 Å². The van der Waals surface area contributed by atoms with Crippen molar-refractivity contribution in [1.82, 2.24) is 20.3 Å². The molecule has 3 heterocycles. The zero-order valence-electron chi connectivity index (χ0n) is 14.6. The van der Waals surface area contributed by atoms with E-state index in [1.807, 2.05) is 27.7 Å². The van der Waals surface area contributed by atoms with E-state index in [-0.39, 0.29) is 11.5 Å². The maximum Gasteiger partial charge on any atom is 0.259 e. The van der Waals surface area contributed by atoms with E-state index in [2.05, 4.69) is 20.3 Å². The molecule has 0 aromatic carbocycles. The Kier molecular flexibility index (Phi) is 5.01. The first-order valence-electron chi connectivity index (χ1n) is 8.03. The SMILES string of the molecule is Cc1nc(C)c(CC(=O)NCCc2nc3sc(C)c(C)c3c(=O)[nH]2)s1. The third-order valence-corrected chi connectivity index (χ3v) is 6.27. The highest BCUT2D eigenvalue weighted by Gasteiger charge is 2.13. The predicted octanol–water partition coefficient (Wildman–Crippen LogP) is 2.58. The second-order valence-corrected chi connectivity index (χ2v) is 8.49. The molecule has 0 spiro atoms. The number of amides is 1. The Labute approximate surface area is 153 Å². The van der Waals surface area contributed by atoms with Crippen molar-refractivity contribution >= 4 is 38.8 Å². The monoisotopic (exact) mass is 376 g/mol. The van der Waals surface area contributed by atoms with E-state index in [0.717, 1.165) is 30.8 Å². The zero-order chi connectivity index (χ0) is 18.1. The highest BCUT2D eigenvalue weighted by atomic mass is 32.1. The second-order valence-electron chi connectivity index (χ2n) is 5.99. The number of carbonyl (C=O) groups is 1. The van der Waals surface area contributed by atoms with Crippen LogP contribution in [0.1, 0.15) is 31.8 Å². The number of nitrogens with zero attached hydrogens (tertiary/aromatic N) is 2. The first kappa shape index (κ1) is 17.8. The van der Waals surface area contributed by atoms with Crippen LogP contribution in [-0.2, 0) is 17.6 Å². The fourth-order valence-corrected chi connectivity index (χ4v) is 4.67. The maximum absolute atomic E-state index is 12.2. The number of hydrogen-bond acceptors (Lipinski definition) is 6. The maximum atomic E-state index is 12.2. The van der Waals surface area contributed by atoms with E-state index in [4.69, 9.17) is 0 Å². The van der Waals surface area contributed by atoms with Gasteiger partial charge in [0.2, 0.25) is 5.91 Å². The van der Waals surface area contributed by atoms with Crippen molar-refractivity contribution in [2.24, 2.45) is 0 Å². The molecule has 8 heteroatoms. The number of thiophene rings is 1. The molecule has 0 saturated heterocycles. The van der Waals surface area contributed by atoms with Crippen LogP contribution in [0.2, 0.25) is 0 Å². The van der Waals surface area contributed by atoms with Crippen LogP contribution in [0.4, 0.5) is 0 Å². The Balaban J connectivity index is 1.62. The average molecular weight is 377 g/mol. The van der Waals surface area contributed by atoms with Crippen LogP contribution in [-0.4, -0.2) is 27.4 Å². The van der Waals surface area contributed by atoms with E-state index in [0.29, 0.717) is 30.6 Å². The molecule has 0 radical (unpaired) electrons. The predicted molar refractivity (Wildman–Crippen MR) is 102 cm³/mol. The smallest absolute Gasteiger partial charge is 0.259 e. The lowest BCUT2D eigenvalue weighted by Gasteiger charge is -2.05. The highest BCUT2D eigenvalue weighted by molar-refractivity contribution is 7.18. The number of aromatic nitrogens is 3. The summed E-state index contributed by atoms with van der Waals surface area (Å²) in [5.41, 5.74) is 1.80. The number of hydrogen-bond donors (Lipinski definition) is 2. The summed E-state index contributed by atoms with van der Waals surface area (Å²) in [6.45, 7) is 8.22. The molecule has 0 saturated carbocycles. The number of thiazole rings is 1. The van der Waals surface area contributed by atoms with Gasteiger partial charge in [-0.1, -0.05) is 0 Å². The molecular formula is C17H20N4O2S2. The molecule has 0 unspecified atom stereocenters. The summed E-state index contributed by atoms with van der Waals surface area (Å²) in [5, 5.41) is 4.52. The largest absolute Gasteiger partial charge is 0.355 e. The third-order valence-electron chi connectivity index (χ3n) is 4.09. The molecule has 1 amide bonds. The van der Waals surface area contributed by atoms with Crippen molar-refractivity contribution in [3.05, 3.63) is 42.2 Å². The molecule has 0 aliphatic rings. The van der Waals surface area contributed by atoms with Gasteiger partial charge in [-0.3, -0.25) is 9.59 Å². The van der Waals surface area contributed by atoms with E-state index in [1.165, 1.54) is 11.3 Å². The van der Waals surface area contributed by atoms with Crippen LogP contribution in [0.25, 0.3) is 10.2 Å². The van der Waals surface area contributed by atoms with Crippen molar-refractivity contribution in [2.75, 3.05) is 6.54 Å². The Morgan fingerprint density at radius 1 is 1.16 bits per heavy atom. The molecule has 132 valence electrons. The van der Waals surface area contributed by atoms with Gasteiger partial charge < -0.3 is 10.3 Å². The van der Waals surface area contributed by atoms with Crippen LogP contribution in [0, 0.1) is 27.7 Å². The van der Waals surface area contributed by atoms with E-state index in [1.54, 1.807) is 11.3 Å². The van der Waals surface area contributed by atoms with E-state index < -0.39 is 0 Å². The average Bonchev–Trinajstić information content (AvgIpc) is 2.98. The first-order chi connectivity index (χ1) is 11.8. The van der Waals surface area contributed by atoms with Gasteiger partial charge in [0, 0.05) is 22.7 Å². The molecule has 0 bridgehead atoms. The van der Waals surface area contributed by atoms with Gasteiger partial charge in [0.1, 0.15) is 10.7 Å². The summed E-state index contributed by atoms with van der Waals surface area (Å²) >= 11 is 3.08. The molecule has 3 aromatic heterocycles. The van der Waals surface area contributed by atoms with Gasteiger partial charge in [-0.25, -0.2) is 9.97 Å². The van der Waals surface area contributed by atoms with Crippen LogP contribution in [0.3, 0.4) is 0 Å². The lowest BCUT2D eigenvalue weighted by atomic mass is 10.2. The Bertz CT molecular complexity index is 1000. The molecule has 3 rings (SSSR count). The van der Waals surface area contributed by atoms with Gasteiger partial charge in [0.15, 0.2) is 0 Å². The number of H-pyrrole nitrogens is 1. The molecule has 25 heavy (non-hydrogen) atoms. The molecular weight excluding hydrogens is 356 g/mol. The zero-order valence-corrected chi connectivity index (χ0v) is 16.3. The molecule has 0 fully saturated rings. The number of nitrogens with one attached hydrogen (secondary N) is 2. The number of rotatable bonds is 5. The van der Waals surface area contributed by atoms with Crippen molar-refractivity contribution in [2.45, 2.75) is 40.5 Å². The third kappa shape index (κ3) is 3.80. The van der Waals surface area contributed by atoms with Gasteiger partial charge in [0.05, 0.1) is 22.5 Å². The lowest BCUT2D eigenvalue weighted by Crippen LogP contribution is -2.28. The Morgan fingerprint density at radius 2 is 1.92 bits per heavy atom. The summed E-state index contributed by atoms with van der Waals surface area (Å²) in [7, 11) is 0. The van der Waals surface area contributed by atoms with Crippen LogP contribution in [0.15, 0.2) is 4.79 Å². The fourth-order valence-electron chi connectivity index (χ4n) is 2.68. The van der Waals surface area contributed by atoms with E-state index >= 15 is 0 Å². The number of fused-ring (bicyclic) bond motifs is 1. The van der Waals surface area contributed by atoms with Crippen molar-refractivity contribution < 1.29 is 4.79 Å². The van der Waals surface area contributed by atoms with Crippen LogP contribution < -0.4 is 10.9 Å².